The van der Waals surface area contributed by atoms with Gasteiger partial charge in [0, 0.05) is 19.5 Å². The maximum atomic E-state index is 11.3. The number of carbonyl (C=O) groups excluding carboxylic acids is 1. The van der Waals surface area contributed by atoms with Crippen LogP contribution >= 0.6 is 0 Å². The van der Waals surface area contributed by atoms with Gasteiger partial charge in [0.15, 0.2) is 0 Å². The number of nitrogens with zero attached hydrogens (tertiary/aromatic N) is 2. The molecule has 5 nitrogen and oxygen atoms in total. The van der Waals surface area contributed by atoms with E-state index in [0.717, 1.165) is 6.42 Å². The zero-order valence-electron chi connectivity index (χ0n) is 9.86. The third kappa shape index (κ3) is 4.98. The Hall–Kier alpha value is -2.09. The molecule has 0 fully saturated rings. The maximum absolute atomic E-state index is 11.3. The number of nitrogens with one attached hydrogen (secondary N) is 2. The molecule has 0 spiro atoms. The quantitative estimate of drug-likeness (QED) is 0.774. The van der Waals surface area contributed by atoms with E-state index in [1.54, 1.807) is 18.2 Å². The van der Waals surface area contributed by atoms with E-state index in [4.69, 9.17) is 5.26 Å². The number of amides is 1. The van der Waals surface area contributed by atoms with Gasteiger partial charge in [-0.2, -0.15) is 5.26 Å². The van der Waals surface area contributed by atoms with Gasteiger partial charge in [0.05, 0.1) is 0 Å². The van der Waals surface area contributed by atoms with Crippen LogP contribution in [-0.4, -0.2) is 24.0 Å². The second-order valence-electron chi connectivity index (χ2n) is 3.55. The maximum Gasteiger partial charge on any atom is 0.221 e. The van der Waals surface area contributed by atoms with Gasteiger partial charge in [-0.3, -0.25) is 4.79 Å². The summed E-state index contributed by atoms with van der Waals surface area (Å²) >= 11 is 0. The minimum Gasteiger partial charge on any atom is -0.370 e. The molecule has 0 aromatic carbocycles. The summed E-state index contributed by atoms with van der Waals surface area (Å²) in [4.78, 5) is 15.3. The molecule has 0 unspecified atom stereocenters. The summed E-state index contributed by atoms with van der Waals surface area (Å²) in [5.74, 6) is 0.642. The first-order valence-electron chi connectivity index (χ1n) is 5.64. The second kappa shape index (κ2) is 7.23. The highest BCUT2D eigenvalue weighted by Crippen LogP contribution is 2.03. The molecule has 1 amide bonds. The van der Waals surface area contributed by atoms with Crippen molar-refractivity contribution in [3.05, 3.63) is 23.9 Å². The molecule has 1 rings (SSSR count). The molecule has 0 radical (unpaired) electrons. The molecular formula is C12H16N4O. The highest BCUT2D eigenvalue weighted by atomic mass is 16.1. The molecule has 1 heterocycles. The van der Waals surface area contributed by atoms with E-state index >= 15 is 0 Å². The zero-order chi connectivity index (χ0) is 12.5. The van der Waals surface area contributed by atoms with Crippen molar-refractivity contribution < 1.29 is 4.79 Å². The van der Waals surface area contributed by atoms with Crippen LogP contribution < -0.4 is 10.6 Å². The van der Waals surface area contributed by atoms with Gasteiger partial charge in [-0.1, -0.05) is 13.0 Å². The Morgan fingerprint density at radius 3 is 3.00 bits per heavy atom. The highest BCUT2D eigenvalue weighted by molar-refractivity contribution is 5.76. The highest BCUT2D eigenvalue weighted by Gasteiger charge is 2.00. The molecule has 0 atom stereocenters. The van der Waals surface area contributed by atoms with E-state index in [9.17, 15) is 4.79 Å². The number of hydrogen-bond acceptors (Lipinski definition) is 4. The smallest absolute Gasteiger partial charge is 0.221 e. The number of carbonyl (C=O) groups is 1. The first kappa shape index (κ1) is 13.0. The first-order valence-corrected chi connectivity index (χ1v) is 5.64. The van der Waals surface area contributed by atoms with Crippen molar-refractivity contribution in [3.63, 3.8) is 0 Å². The van der Waals surface area contributed by atoms with Gasteiger partial charge >= 0.3 is 0 Å². The summed E-state index contributed by atoms with van der Waals surface area (Å²) in [7, 11) is 0. The standard InChI is InChI=1S/C12H16N4O/c1-2-7-15-12(17)6-8-14-11-5-3-4-10(9-13)16-11/h3-5H,2,6-8H2,1H3,(H,14,16)(H,15,17). The Morgan fingerprint density at radius 1 is 1.47 bits per heavy atom. The van der Waals surface area contributed by atoms with Crippen LogP contribution in [0.3, 0.4) is 0 Å². The van der Waals surface area contributed by atoms with Crippen molar-refractivity contribution in [2.24, 2.45) is 0 Å². The van der Waals surface area contributed by atoms with Gasteiger partial charge in [0.25, 0.3) is 0 Å². The molecule has 0 saturated carbocycles. The fraction of sp³-hybridized carbons (Fsp3) is 0.417. The first-order chi connectivity index (χ1) is 8.26. The van der Waals surface area contributed by atoms with Gasteiger partial charge in [-0.05, 0) is 18.6 Å². The molecule has 0 saturated heterocycles. The number of nitriles is 1. The topological polar surface area (TPSA) is 77.8 Å². The molecule has 2 N–H and O–H groups in total. The molecular weight excluding hydrogens is 216 g/mol. The van der Waals surface area contributed by atoms with Crippen molar-refractivity contribution in [2.45, 2.75) is 19.8 Å². The Kier molecular flexibility index (Phi) is 5.52. The molecule has 90 valence electrons. The van der Waals surface area contributed by atoms with Crippen molar-refractivity contribution >= 4 is 11.7 Å². The van der Waals surface area contributed by atoms with E-state index in [2.05, 4.69) is 15.6 Å². The Balaban J connectivity index is 2.31. The van der Waals surface area contributed by atoms with Gasteiger partial charge in [-0.25, -0.2) is 4.98 Å². The fourth-order valence-corrected chi connectivity index (χ4v) is 1.25. The van der Waals surface area contributed by atoms with Gasteiger partial charge in [0.2, 0.25) is 5.91 Å². The molecule has 1 aromatic heterocycles. The summed E-state index contributed by atoms with van der Waals surface area (Å²) < 4.78 is 0. The van der Waals surface area contributed by atoms with E-state index in [1.165, 1.54) is 0 Å². The normalized spacial score (nSPS) is 9.41. The lowest BCUT2D eigenvalue weighted by Crippen LogP contribution is -2.25. The largest absolute Gasteiger partial charge is 0.370 e. The fourth-order valence-electron chi connectivity index (χ4n) is 1.25. The number of pyridine rings is 1. The summed E-state index contributed by atoms with van der Waals surface area (Å²) in [5.41, 5.74) is 0.366. The van der Waals surface area contributed by atoms with Gasteiger partial charge < -0.3 is 10.6 Å². The Labute approximate surface area is 101 Å². The van der Waals surface area contributed by atoms with Crippen LogP contribution in [0.1, 0.15) is 25.5 Å². The van der Waals surface area contributed by atoms with Crippen LogP contribution in [0.5, 0.6) is 0 Å². The lowest BCUT2D eigenvalue weighted by Gasteiger charge is -2.06. The summed E-state index contributed by atoms with van der Waals surface area (Å²) in [6.07, 6.45) is 1.34. The van der Waals surface area contributed by atoms with Crippen LogP contribution in [-0.2, 0) is 4.79 Å². The van der Waals surface area contributed by atoms with Crippen molar-refractivity contribution in [3.8, 4) is 6.07 Å². The van der Waals surface area contributed by atoms with Crippen LogP contribution in [0, 0.1) is 11.3 Å². The molecule has 0 aliphatic carbocycles. The van der Waals surface area contributed by atoms with Crippen LogP contribution in [0.4, 0.5) is 5.82 Å². The number of anilines is 1. The molecule has 0 bridgehead atoms. The lowest BCUT2D eigenvalue weighted by atomic mass is 10.3. The van der Waals surface area contributed by atoms with Crippen LogP contribution in [0.25, 0.3) is 0 Å². The van der Waals surface area contributed by atoms with E-state index in [1.807, 2.05) is 13.0 Å². The second-order valence-corrected chi connectivity index (χ2v) is 3.55. The van der Waals surface area contributed by atoms with E-state index < -0.39 is 0 Å². The average Bonchev–Trinajstić information content (AvgIpc) is 2.36. The molecule has 0 aliphatic heterocycles. The summed E-state index contributed by atoms with van der Waals surface area (Å²) in [6, 6.07) is 7.13. The van der Waals surface area contributed by atoms with Gasteiger partial charge in [-0.15, -0.1) is 0 Å². The molecule has 17 heavy (non-hydrogen) atoms. The summed E-state index contributed by atoms with van der Waals surface area (Å²) in [5, 5.41) is 14.5. The molecule has 1 aromatic rings. The Morgan fingerprint density at radius 2 is 2.29 bits per heavy atom. The van der Waals surface area contributed by atoms with Crippen molar-refractivity contribution in [1.29, 1.82) is 5.26 Å². The van der Waals surface area contributed by atoms with E-state index in [0.29, 0.717) is 31.0 Å². The number of hydrogen-bond donors (Lipinski definition) is 2. The summed E-state index contributed by atoms with van der Waals surface area (Å²) in [6.45, 7) is 3.23. The number of aromatic nitrogens is 1. The third-order valence-corrected chi connectivity index (χ3v) is 2.09. The van der Waals surface area contributed by atoms with Crippen LogP contribution in [0.2, 0.25) is 0 Å². The predicted molar refractivity (Wildman–Crippen MR) is 65.4 cm³/mol. The minimum absolute atomic E-state index is 0.0239. The average molecular weight is 232 g/mol. The third-order valence-electron chi connectivity index (χ3n) is 2.09. The SMILES string of the molecule is CCCNC(=O)CCNc1cccc(C#N)n1. The lowest BCUT2D eigenvalue weighted by molar-refractivity contribution is -0.120. The van der Waals surface area contributed by atoms with Crippen molar-refractivity contribution in [1.82, 2.24) is 10.3 Å². The molecule has 0 aliphatic rings. The monoisotopic (exact) mass is 232 g/mol. The van der Waals surface area contributed by atoms with Crippen molar-refractivity contribution in [2.75, 3.05) is 18.4 Å². The van der Waals surface area contributed by atoms with E-state index in [-0.39, 0.29) is 5.91 Å². The minimum atomic E-state index is 0.0239. The van der Waals surface area contributed by atoms with Crippen LogP contribution in [0.15, 0.2) is 18.2 Å². The number of rotatable bonds is 6. The molecule has 5 heteroatoms. The zero-order valence-corrected chi connectivity index (χ0v) is 9.86. The van der Waals surface area contributed by atoms with Gasteiger partial charge in [0.1, 0.15) is 17.6 Å². The predicted octanol–water partition coefficient (Wildman–Crippen LogP) is 1.28. The Bertz CT molecular complexity index is 411.